The first kappa shape index (κ1) is 15.6. The number of nitrogens with zero attached hydrogens (tertiary/aromatic N) is 1. The summed E-state index contributed by atoms with van der Waals surface area (Å²) in [7, 11) is -3.66. The average molecular weight is 325 g/mol. The van der Waals surface area contributed by atoms with Crippen LogP contribution in [-0.2, 0) is 16.4 Å². The number of carbonyl (C=O) groups excluding carboxylic acids is 1. The summed E-state index contributed by atoms with van der Waals surface area (Å²) in [5.74, 6) is -0.142. The van der Waals surface area contributed by atoms with E-state index < -0.39 is 10.0 Å². The van der Waals surface area contributed by atoms with Crippen LogP contribution in [0.15, 0.2) is 34.7 Å². The van der Waals surface area contributed by atoms with Gasteiger partial charge in [-0.05, 0) is 31.0 Å². The van der Waals surface area contributed by atoms with Gasteiger partial charge >= 0.3 is 0 Å². The summed E-state index contributed by atoms with van der Waals surface area (Å²) in [6, 6.07) is 6.29. The van der Waals surface area contributed by atoms with Crippen molar-refractivity contribution in [1.29, 1.82) is 0 Å². The van der Waals surface area contributed by atoms with E-state index in [1.165, 1.54) is 23.5 Å². The van der Waals surface area contributed by atoms with E-state index in [0.29, 0.717) is 17.8 Å². The minimum absolute atomic E-state index is 0.0792. The molecular weight excluding hydrogens is 310 g/mol. The number of primary sulfonamides is 1. The highest BCUT2D eigenvalue weighted by Crippen LogP contribution is 2.12. The molecule has 0 aliphatic carbocycles. The number of aromatic nitrogens is 1. The minimum atomic E-state index is -3.66. The van der Waals surface area contributed by atoms with Crippen LogP contribution >= 0.6 is 11.3 Å². The standard InChI is InChI=1S/C13H15N3O3S2/c1-9-12(20-8-16-9)13(17)15-7-6-10-2-4-11(5-3-10)21(14,18)19/h2-5,8H,6-7H2,1H3,(H,15,17)(H2,14,18,19). The summed E-state index contributed by atoms with van der Waals surface area (Å²) in [4.78, 5) is 16.6. The highest BCUT2D eigenvalue weighted by molar-refractivity contribution is 7.89. The highest BCUT2D eigenvalue weighted by Gasteiger charge is 2.11. The van der Waals surface area contributed by atoms with E-state index in [-0.39, 0.29) is 10.8 Å². The van der Waals surface area contributed by atoms with Crippen molar-refractivity contribution in [2.75, 3.05) is 6.54 Å². The maximum atomic E-state index is 11.9. The quantitative estimate of drug-likeness (QED) is 0.858. The Morgan fingerprint density at radius 2 is 2.00 bits per heavy atom. The molecule has 0 unspecified atom stereocenters. The van der Waals surface area contributed by atoms with Crippen molar-refractivity contribution in [1.82, 2.24) is 10.3 Å². The molecule has 0 saturated heterocycles. The van der Waals surface area contributed by atoms with Crippen molar-refractivity contribution in [3.8, 4) is 0 Å². The number of thiazole rings is 1. The van der Waals surface area contributed by atoms with Crippen LogP contribution in [0.3, 0.4) is 0 Å². The van der Waals surface area contributed by atoms with Gasteiger partial charge in [-0.15, -0.1) is 11.3 Å². The molecule has 0 aliphatic rings. The normalized spacial score (nSPS) is 11.3. The van der Waals surface area contributed by atoms with Crippen LogP contribution in [-0.4, -0.2) is 25.9 Å². The Kier molecular flexibility index (Phi) is 4.71. The lowest BCUT2D eigenvalue weighted by Crippen LogP contribution is -2.25. The van der Waals surface area contributed by atoms with Gasteiger partial charge in [-0.1, -0.05) is 12.1 Å². The highest BCUT2D eigenvalue weighted by atomic mass is 32.2. The van der Waals surface area contributed by atoms with Crippen LogP contribution in [0.5, 0.6) is 0 Å². The zero-order chi connectivity index (χ0) is 15.5. The van der Waals surface area contributed by atoms with E-state index in [0.717, 1.165) is 11.3 Å². The fourth-order valence-electron chi connectivity index (χ4n) is 1.77. The van der Waals surface area contributed by atoms with E-state index >= 15 is 0 Å². The molecule has 1 heterocycles. The predicted octanol–water partition coefficient (Wildman–Crippen LogP) is 1.07. The molecule has 1 amide bonds. The molecule has 0 fully saturated rings. The summed E-state index contributed by atoms with van der Waals surface area (Å²) in [5, 5.41) is 7.83. The topological polar surface area (TPSA) is 102 Å². The fourth-order valence-corrected chi connectivity index (χ4v) is 3.00. The molecule has 3 N–H and O–H groups in total. The summed E-state index contributed by atoms with van der Waals surface area (Å²) in [6.07, 6.45) is 0.606. The van der Waals surface area contributed by atoms with Crippen molar-refractivity contribution in [2.24, 2.45) is 5.14 Å². The number of amides is 1. The van der Waals surface area contributed by atoms with E-state index in [1.54, 1.807) is 24.6 Å². The van der Waals surface area contributed by atoms with Crippen molar-refractivity contribution < 1.29 is 13.2 Å². The first-order chi connectivity index (χ1) is 9.88. The van der Waals surface area contributed by atoms with Crippen LogP contribution in [0, 0.1) is 6.92 Å². The molecule has 1 aromatic carbocycles. The first-order valence-electron chi connectivity index (χ1n) is 6.18. The molecule has 0 saturated carbocycles. The van der Waals surface area contributed by atoms with Crippen LogP contribution in [0.4, 0.5) is 0 Å². The van der Waals surface area contributed by atoms with Gasteiger partial charge in [-0.3, -0.25) is 4.79 Å². The Bertz CT molecular complexity index is 736. The molecule has 0 spiro atoms. The maximum absolute atomic E-state index is 11.9. The lowest BCUT2D eigenvalue weighted by Gasteiger charge is -2.05. The van der Waals surface area contributed by atoms with Crippen molar-refractivity contribution in [2.45, 2.75) is 18.2 Å². The third kappa shape index (κ3) is 4.10. The molecule has 6 nitrogen and oxygen atoms in total. The molecule has 8 heteroatoms. The van der Waals surface area contributed by atoms with Gasteiger partial charge in [0.1, 0.15) is 4.88 Å². The van der Waals surface area contributed by atoms with Gasteiger partial charge in [0.2, 0.25) is 10.0 Å². The molecule has 0 radical (unpaired) electrons. The van der Waals surface area contributed by atoms with Crippen LogP contribution in [0.1, 0.15) is 20.9 Å². The summed E-state index contributed by atoms with van der Waals surface area (Å²) in [6.45, 7) is 2.25. The second kappa shape index (κ2) is 6.33. The van der Waals surface area contributed by atoms with Gasteiger partial charge in [0, 0.05) is 6.54 Å². The molecular formula is C13H15N3O3S2. The lowest BCUT2D eigenvalue weighted by atomic mass is 10.1. The number of carbonyl (C=O) groups is 1. The fraction of sp³-hybridized carbons (Fsp3) is 0.231. The number of rotatable bonds is 5. The maximum Gasteiger partial charge on any atom is 0.263 e. The average Bonchev–Trinajstić information content (AvgIpc) is 2.84. The second-order valence-electron chi connectivity index (χ2n) is 4.46. The number of sulfonamides is 1. The number of nitrogens with two attached hydrogens (primary N) is 1. The SMILES string of the molecule is Cc1ncsc1C(=O)NCCc1ccc(S(N)(=O)=O)cc1. The Morgan fingerprint density at radius 1 is 1.33 bits per heavy atom. The molecule has 0 atom stereocenters. The van der Waals surface area contributed by atoms with Crippen LogP contribution < -0.4 is 10.5 Å². The van der Waals surface area contributed by atoms with Crippen molar-refractivity contribution in [3.05, 3.63) is 45.9 Å². The largest absolute Gasteiger partial charge is 0.351 e. The van der Waals surface area contributed by atoms with Crippen LogP contribution in [0.25, 0.3) is 0 Å². The van der Waals surface area contributed by atoms with Gasteiger partial charge in [-0.25, -0.2) is 18.5 Å². The molecule has 112 valence electrons. The molecule has 0 bridgehead atoms. The minimum Gasteiger partial charge on any atom is -0.351 e. The Morgan fingerprint density at radius 3 is 2.52 bits per heavy atom. The lowest BCUT2D eigenvalue weighted by molar-refractivity contribution is 0.0957. The van der Waals surface area contributed by atoms with Crippen LogP contribution in [0.2, 0.25) is 0 Å². The Labute approximate surface area is 127 Å². The number of hydrogen-bond donors (Lipinski definition) is 2. The molecule has 0 aliphatic heterocycles. The summed E-state index contributed by atoms with van der Waals surface area (Å²) in [5.41, 5.74) is 3.27. The number of aryl methyl sites for hydroxylation is 1. The van der Waals surface area contributed by atoms with Gasteiger partial charge < -0.3 is 5.32 Å². The smallest absolute Gasteiger partial charge is 0.263 e. The van der Waals surface area contributed by atoms with Gasteiger partial charge in [0.25, 0.3) is 5.91 Å². The second-order valence-corrected chi connectivity index (χ2v) is 6.88. The predicted molar refractivity (Wildman–Crippen MR) is 80.7 cm³/mol. The van der Waals surface area contributed by atoms with Crippen molar-refractivity contribution >= 4 is 27.3 Å². The zero-order valence-corrected chi connectivity index (χ0v) is 13.0. The monoisotopic (exact) mass is 325 g/mol. The Hall–Kier alpha value is -1.77. The van der Waals surface area contributed by atoms with E-state index in [4.69, 9.17) is 5.14 Å². The molecule has 2 aromatic rings. The first-order valence-corrected chi connectivity index (χ1v) is 8.60. The van der Waals surface area contributed by atoms with E-state index in [2.05, 4.69) is 10.3 Å². The van der Waals surface area contributed by atoms with Gasteiger partial charge in [0.15, 0.2) is 0 Å². The molecule has 21 heavy (non-hydrogen) atoms. The van der Waals surface area contributed by atoms with E-state index in [1.807, 2.05) is 0 Å². The van der Waals surface area contributed by atoms with Gasteiger partial charge in [0.05, 0.1) is 16.1 Å². The number of nitrogens with one attached hydrogen (secondary N) is 1. The number of hydrogen-bond acceptors (Lipinski definition) is 5. The molecule has 2 rings (SSSR count). The molecule has 1 aromatic heterocycles. The summed E-state index contributed by atoms with van der Waals surface area (Å²) < 4.78 is 22.3. The zero-order valence-electron chi connectivity index (χ0n) is 11.4. The third-order valence-corrected chi connectivity index (χ3v) is 4.76. The Balaban J connectivity index is 1.89. The summed E-state index contributed by atoms with van der Waals surface area (Å²) >= 11 is 1.30. The van der Waals surface area contributed by atoms with Gasteiger partial charge in [-0.2, -0.15) is 0 Å². The third-order valence-electron chi connectivity index (χ3n) is 2.90. The van der Waals surface area contributed by atoms with E-state index in [9.17, 15) is 13.2 Å². The number of benzene rings is 1. The van der Waals surface area contributed by atoms with Crippen molar-refractivity contribution in [3.63, 3.8) is 0 Å².